The maximum Gasteiger partial charge on any atom is 0.0779 e. The summed E-state index contributed by atoms with van der Waals surface area (Å²) >= 11 is 6.50. The molecule has 0 amide bonds. The summed E-state index contributed by atoms with van der Waals surface area (Å²) in [6.07, 6.45) is 5.33. The first-order valence-corrected chi connectivity index (χ1v) is 7.98. The summed E-state index contributed by atoms with van der Waals surface area (Å²) in [5.41, 5.74) is 8.15. The Morgan fingerprint density at radius 3 is 2.90 bits per heavy atom. The average Bonchev–Trinajstić information content (AvgIpc) is 2.46. The minimum Gasteiger partial charge on any atom is -0.374 e. The summed E-state index contributed by atoms with van der Waals surface area (Å²) in [6.45, 7) is 3.71. The summed E-state index contributed by atoms with van der Waals surface area (Å²) in [7, 11) is 0. The van der Waals surface area contributed by atoms with Crippen LogP contribution in [0.3, 0.4) is 0 Å². The Morgan fingerprint density at radius 2 is 2.15 bits per heavy atom. The quantitative estimate of drug-likeness (QED) is 0.907. The number of ether oxygens (including phenoxy) is 1. The van der Waals surface area contributed by atoms with E-state index in [-0.39, 0.29) is 6.04 Å². The summed E-state index contributed by atoms with van der Waals surface area (Å²) in [5, 5.41) is 0.811. The minimum absolute atomic E-state index is 0.0219. The molecular weight excluding hydrogens is 272 g/mol. The molecule has 1 aromatic rings. The number of hydrogen-bond donors (Lipinski definition) is 1. The van der Waals surface area contributed by atoms with Crippen molar-refractivity contribution in [1.29, 1.82) is 0 Å². The van der Waals surface area contributed by atoms with Gasteiger partial charge in [0.05, 0.1) is 29.5 Å². The van der Waals surface area contributed by atoms with E-state index < -0.39 is 0 Å². The van der Waals surface area contributed by atoms with E-state index in [0.717, 1.165) is 29.4 Å². The van der Waals surface area contributed by atoms with Crippen molar-refractivity contribution < 1.29 is 4.74 Å². The van der Waals surface area contributed by atoms with Crippen LogP contribution in [0.15, 0.2) is 18.2 Å². The van der Waals surface area contributed by atoms with Gasteiger partial charge in [-0.05, 0) is 37.5 Å². The smallest absolute Gasteiger partial charge is 0.0779 e. The Bertz CT molecular complexity index is 476. The average molecular weight is 295 g/mol. The van der Waals surface area contributed by atoms with Gasteiger partial charge in [-0.15, -0.1) is 0 Å². The molecule has 110 valence electrons. The van der Waals surface area contributed by atoms with Crippen molar-refractivity contribution in [2.24, 2.45) is 5.73 Å². The van der Waals surface area contributed by atoms with Crippen LogP contribution in [0.1, 0.15) is 44.2 Å². The molecule has 2 N–H and O–H groups in total. The number of halogens is 1. The summed E-state index contributed by atoms with van der Waals surface area (Å²) in [5.74, 6) is 0. The first-order chi connectivity index (χ1) is 9.66. The zero-order valence-corrected chi connectivity index (χ0v) is 12.8. The topological polar surface area (TPSA) is 38.5 Å². The number of benzene rings is 1. The van der Waals surface area contributed by atoms with Gasteiger partial charge in [0.25, 0.3) is 0 Å². The van der Waals surface area contributed by atoms with Gasteiger partial charge >= 0.3 is 0 Å². The van der Waals surface area contributed by atoms with Crippen LogP contribution in [0.2, 0.25) is 5.02 Å². The third kappa shape index (κ3) is 2.67. The lowest BCUT2D eigenvalue weighted by molar-refractivity contribution is -0.00866. The van der Waals surface area contributed by atoms with E-state index in [4.69, 9.17) is 22.1 Å². The first kappa shape index (κ1) is 14.2. The Labute approximate surface area is 126 Å². The van der Waals surface area contributed by atoms with Gasteiger partial charge in [0.1, 0.15) is 0 Å². The summed E-state index contributed by atoms with van der Waals surface area (Å²) in [6, 6.07) is 6.73. The monoisotopic (exact) mass is 294 g/mol. The highest BCUT2D eigenvalue weighted by Crippen LogP contribution is 2.36. The highest BCUT2D eigenvalue weighted by atomic mass is 35.5. The fourth-order valence-corrected chi connectivity index (χ4v) is 3.73. The van der Waals surface area contributed by atoms with Crippen molar-refractivity contribution in [1.82, 2.24) is 0 Å². The Balaban J connectivity index is 1.87. The molecule has 0 spiro atoms. The standard InChI is InChI=1S/C16H23ClN2O/c1-11(18)12-6-7-14(13(17)10-12)19-8-9-20-16-5-3-2-4-15(16)19/h6-7,10-11,15-16H,2-5,8-9,18H2,1H3. The predicted octanol–water partition coefficient (Wildman–Crippen LogP) is 3.51. The lowest BCUT2D eigenvalue weighted by Crippen LogP contribution is -2.52. The largest absolute Gasteiger partial charge is 0.374 e. The fraction of sp³-hybridized carbons (Fsp3) is 0.625. The number of anilines is 1. The van der Waals surface area contributed by atoms with Gasteiger partial charge in [0.2, 0.25) is 0 Å². The molecule has 2 fully saturated rings. The SMILES string of the molecule is CC(N)c1ccc(N2CCOC3CCCCC32)c(Cl)c1. The zero-order valence-electron chi connectivity index (χ0n) is 12.0. The molecule has 1 aliphatic carbocycles. The number of nitrogens with two attached hydrogens (primary N) is 1. The van der Waals surface area contributed by atoms with Gasteiger partial charge in [-0.25, -0.2) is 0 Å². The van der Waals surface area contributed by atoms with Crippen LogP contribution in [0.4, 0.5) is 5.69 Å². The summed E-state index contributed by atoms with van der Waals surface area (Å²) < 4.78 is 5.93. The molecule has 3 nitrogen and oxygen atoms in total. The van der Waals surface area contributed by atoms with Crippen molar-refractivity contribution >= 4 is 17.3 Å². The molecule has 0 aromatic heterocycles. The number of rotatable bonds is 2. The molecule has 1 heterocycles. The van der Waals surface area contributed by atoms with Gasteiger partial charge in [0.15, 0.2) is 0 Å². The van der Waals surface area contributed by atoms with Crippen molar-refractivity contribution in [3.8, 4) is 0 Å². The van der Waals surface area contributed by atoms with E-state index >= 15 is 0 Å². The number of nitrogens with zero attached hydrogens (tertiary/aromatic N) is 1. The molecule has 1 saturated heterocycles. The third-order valence-electron chi connectivity index (χ3n) is 4.54. The van der Waals surface area contributed by atoms with Crippen molar-refractivity contribution in [2.75, 3.05) is 18.1 Å². The van der Waals surface area contributed by atoms with Crippen LogP contribution in [-0.2, 0) is 4.74 Å². The number of hydrogen-bond acceptors (Lipinski definition) is 3. The number of morpholine rings is 1. The molecule has 0 radical (unpaired) electrons. The van der Waals surface area contributed by atoms with Gasteiger partial charge in [0, 0.05) is 12.6 Å². The van der Waals surface area contributed by atoms with E-state index in [1.165, 1.54) is 25.7 Å². The van der Waals surface area contributed by atoms with Crippen LogP contribution in [0.25, 0.3) is 0 Å². The Hall–Kier alpha value is -0.770. The van der Waals surface area contributed by atoms with Gasteiger partial charge < -0.3 is 15.4 Å². The van der Waals surface area contributed by atoms with Crippen LogP contribution in [0, 0.1) is 0 Å². The maximum absolute atomic E-state index is 6.50. The molecule has 0 bridgehead atoms. The predicted molar refractivity (Wildman–Crippen MR) is 83.4 cm³/mol. The van der Waals surface area contributed by atoms with Crippen LogP contribution < -0.4 is 10.6 Å². The molecule has 1 aromatic carbocycles. The number of fused-ring (bicyclic) bond motifs is 1. The van der Waals surface area contributed by atoms with E-state index in [1.807, 2.05) is 13.0 Å². The van der Waals surface area contributed by atoms with Crippen LogP contribution in [-0.4, -0.2) is 25.3 Å². The minimum atomic E-state index is 0.0219. The molecule has 3 atom stereocenters. The molecule has 3 rings (SSSR count). The van der Waals surface area contributed by atoms with Crippen molar-refractivity contribution in [2.45, 2.75) is 50.8 Å². The zero-order chi connectivity index (χ0) is 14.1. The van der Waals surface area contributed by atoms with Crippen molar-refractivity contribution in [3.05, 3.63) is 28.8 Å². The first-order valence-electron chi connectivity index (χ1n) is 7.60. The van der Waals surface area contributed by atoms with E-state index in [2.05, 4.69) is 17.0 Å². The van der Waals surface area contributed by atoms with Gasteiger partial charge in [-0.1, -0.05) is 30.5 Å². The second kappa shape index (κ2) is 5.92. The Kier molecular flexibility index (Phi) is 4.20. The fourth-order valence-electron chi connectivity index (χ4n) is 3.43. The lowest BCUT2D eigenvalue weighted by Gasteiger charge is -2.45. The normalized spacial score (nSPS) is 28.1. The molecule has 3 unspecified atom stereocenters. The molecule has 4 heteroatoms. The molecule has 1 aliphatic heterocycles. The second-order valence-corrected chi connectivity index (χ2v) is 6.36. The van der Waals surface area contributed by atoms with Crippen molar-refractivity contribution in [3.63, 3.8) is 0 Å². The summed E-state index contributed by atoms with van der Waals surface area (Å²) in [4.78, 5) is 2.45. The highest BCUT2D eigenvalue weighted by molar-refractivity contribution is 6.33. The third-order valence-corrected chi connectivity index (χ3v) is 4.84. The van der Waals surface area contributed by atoms with E-state index in [0.29, 0.717) is 12.1 Å². The molecule has 20 heavy (non-hydrogen) atoms. The second-order valence-electron chi connectivity index (χ2n) is 5.95. The molecule has 2 aliphatic rings. The van der Waals surface area contributed by atoms with E-state index in [1.54, 1.807) is 0 Å². The van der Waals surface area contributed by atoms with Crippen LogP contribution >= 0.6 is 11.6 Å². The van der Waals surface area contributed by atoms with Gasteiger partial charge in [-0.2, -0.15) is 0 Å². The Morgan fingerprint density at radius 1 is 1.35 bits per heavy atom. The highest BCUT2D eigenvalue weighted by Gasteiger charge is 2.34. The van der Waals surface area contributed by atoms with E-state index in [9.17, 15) is 0 Å². The maximum atomic E-state index is 6.50. The molecule has 1 saturated carbocycles. The molecular formula is C16H23ClN2O. The van der Waals surface area contributed by atoms with Gasteiger partial charge in [-0.3, -0.25) is 0 Å². The lowest BCUT2D eigenvalue weighted by atomic mass is 9.89. The van der Waals surface area contributed by atoms with Crippen LogP contribution in [0.5, 0.6) is 0 Å².